The van der Waals surface area contributed by atoms with Gasteiger partial charge in [-0.3, -0.25) is 10.0 Å². The fourth-order valence-corrected chi connectivity index (χ4v) is 5.88. The third-order valence-electron chi connectivity index (χ3n) is 6.70. The summed E-state index contributed by atoms with van der Waals surface area (Å²) in [5, 5.41) is 22.9. The second-order valence-electron chi connectivity index (χ2n) is 9.01. The van der Waals surface area contributed by atoms with Crippen LogP contribution in [0.3, 0.4) is 0 Å². The van der Waals surface area contributed by atoms with Gasteiger partial charge in [-0.1, -0.05) is 54.1 Å². The summed E-state index contributed by atoms with van der Waals surface area (Å²) in [5.41, 5.74) is 3.88. The molecule has 2 aromatic rings. The van der Waals surface area contributed by atoms with Gasteiger partial charge in [0.2, 0.25) is 0 Å². The van der Waals surface area contributed by atoms with Crippen LogP contribution in [0.4, 0.5) is 0 Å². The monoisotopic (exact) mass is 539 g/mol. The van der Waals surface area contributed by atoms with Crippen LogP contribution < -0.4 is 15.8 Å². The van der Waals surface area contributed by atoms with Gasteiger partial charge in [-0.15, -0.1) is 0 Å². The number of carboxylic acids is 2. The highest BCUT2D eigenvalue weighted by Gasteiger charge is 2.79. The van der Waals surface area contributed by atoms with Crippen LogP contribution in [0.25, 0.3) is 11.1 Å². The van der Waals surface area contributed by atoms with Crippen molar-refractivity contribution in [2.75, 3.05) is 0 Å². The van der Waals surface area contributed by atoms with Crippen molar-refractivity contribution >= 4 is 44.7 Å². The van der Waals surface area contributed by atoms with Gasteiger partial charge in [0.05, 0.1) is 10.6 Å². The molecule has 5 rings (SSSR count). The van der Waals surface area contributed by atoms with E-state index >= 15 is 0 Å². The molecule has 1 aliphatic heterocycles. The molecule has 2 aromatic carbocycles. The van der Waals surface area contributed by atoms with Crippen molar-refractivity contribution in [2.24, 2.45) is 5.73 Å². The summed E-state index contributed by atoms with van der Waals surface area (Å²) < 4.78 is 29.0. The first-order valence-corrected chi connectivity index (χ1v) is 13.1. The van der Waals surface area contributed by atoms with Crippen LogP contribution >= 0.6 is 11.6 Å². The Morgan fingerprint density at radius 1 is 1.00 bits per heavy atom. The third-order valence-corrected chi connectivity index (χ3v) is 8.33. The molecule has 9 nitrogen and oxygen atoms in total. The molecular formula is C26H22ClN3O6S. The normalized spacial score (nSPS) is 26.3. The molecule has 3 atom stereocenters. The third kappa shape index (κ3) is 4.08. The average molecular weight is 540 g/mol. The average Bonchev–Trinajstić information content (AvgIpc) is 3.58. The molecule has 6 N–H and O–H groups in total. The molecule has 37 heavy (non-hydrogen) atoms. The first-order valence-electron chi connectivity index (χ1n) is 11.2. The van der Waals surface area contributed by atoms with Crippen molar-refractivity contribution in [1.29, 1.82) is 0 Å². The highest BCUT2D eigenvalue weighted by molar-refractivity contribution is 7.89. The Morgan fingerprint density at radius 2 is 1.62 bits per heavy atom. The van der Waals surface area contributed by atoms with Crippen LogP contribution in [0.15, 0.2) is 89.5 Å². The van der Waals surface area contributed by atoms with Crippen LogP contribution in [0.5, 0.6) is 0 Å². The Hall–Kier alpha value is -3.70. The molecule has 0 unspecified atom stereocenters. The predicted molar refractivity (Wildman–Crippen MR) is 138 cm³/mol. The lowest BCUT2D eigenvalue weighted by molar-refractivity contribution is -0.144. The summed E-state index contributed by atoms with van der Waals surface area (Å²) in [7, 11) is -4.28. The number of aliphatic carboxylic acids is 2. The van der Waals surface area contributed by atoms with E-state index in [9.17, 15) is 28.2 Å². The summed E-state index contributed by atoms with van der Waals surface area (Å²) in [6.45, 7) is 0. The molecule has 1 heterocycles. The Kier molecular flexibility index (Phi) is 5.87. The van der Waals surface area contributed by atoms with Gasteiger partial charge in [0.1, 0.15) is 0 Å². The topological polar surface area (TPSA) is 169 Å². The predicted octanol–water partition coefficient (Wildman–Crippen LogP) is 2.52. The maximum Gasteiger partial charge on any atom is 0.333 e. The van der Waals surface area contributed by atoms with Crippen LogP contribution in [-0.4, -0.2) is 47.7 Å². The lowest BCUT2D eigenvalue weighted by Gasteiger charge is -2.24. The second kappa shape index (κ2) is 8.70. The van der Waals surface area contributed by atoms with Crippen LogP contribution in [0.1, 0.15) is 17.5 Å². The molecule has 0 radical (unpaired) electrons. The first-order chi connectivity index (χ1) is 17.5. The molecule has 3 aliphatic rings. The van der Waals surface area contributed by atoms with E-state index in [1.54, 1.807) is 36.4 Å². The van der Waals surface area contributed by atoms with Crippen LogP contribution in [-0.2, 0) is 19.6 Å². The smallest absolute Gasteiger partial charge is 0.333 e. The van der Waals surface area contributed by atoms with Gasteiger partial charge in [-0.25, -0.2) is 18.0 Å². The Bertz CT molecular complexity index is 1540. The van der Waals surface area contributed by atoms with Crippen molar-refractivity contribution < 1.29 is 28.2 Å². The number of carboxylic acid groups (broad SMARTS) is 2. The van der Waals surface area contributed by atoms with Crippen molar-refractivity contribution in [3.8, 4) is 0 Å². The highest BCUT2D eigenvalue weighted by atomic mass is 35.5. The molecule has 0 bridgehead atoms. The summed E-state index contributed by atoms with van der Waals surface area (Å²) in [6.07, 6.45) is 8.97. The van der Waals surface area contributed by atoms with Crippen molar-refractivity contribution in [1.82, 2.24) is 10.0 Å². The largest absolute Gasteiger partial charge is 0.480 e. The van der Waals surface area contributed by atoms with Gasteiger partial charge < -0.3 is 15.9 Å². The molecular weight excluding hydrogens is 518 g/mol. The molecule has 0 amide bonds. The molecule has 11 heteroatoms. The van der Waals surface area contributed by atoms with Gasteiger partial charge in [0, 0.05) is 11.1 Å². The minimum Gasteiger partial charge on any atom is -0.480 e. The van der Waals surface area contributed by atoms with Crippen LogP contribution in [0, 0.1) is 0 Å². The fraction of sp³-hybridized carbons (Fsp3) is 0.154. The van der Waals surface area contributed by atoms with E-state index < -0.39 is 33.0 Å². The van der Waals surface area contributed by atoms with E-state index in [0.29, 0.717) is 22.6 Å². The quantitative estimate of drug-likeness (QED) is 0.334. The maximum atomic E-state index is 13.3. The number of rotatable bonds is 7. The van der Waals surface area contributed by atoms with Gasteiger partial charge in [0.15, 0.2) is 11.1 Å². The lowest BCUT2D eigenvalue weighted by Crippen LogP contribution is -2.46. The SMILES string of the molecule is N[C@H]1C=CC(c2ccc(S(=O)(=O)NC3=CC(c4ccc(Cl)cc4)=C[C@]4(C(=O)O)N[C@]34C(=O)O)cc2)=CC1. The van der Waals surface area contributed by atoms with E-state index in [2.05, 4.69) is 10.0 Å². The van der Waals surface area contributed by atoms with Crippen LogP contribution in [0.2, 0.25) is 5.02 Å². The van der Waals surface area contributed by atoms with E-state index in [1.165, 1.54) is 24.3 Å². The number of halogens is 1. The number of sulfonamides is 1. The van der Waals surface area contributed by atoms with E-state index in [1.807, 2.05) is 18.2 Å². The Morgan fingerprint density at radius 3 is 2.19 bits per heavy atom. The number of allylic oxidation sites excluding steroid dienone is 4. The maximum absolute atomic E-state index is 13.3. The zero-order valence-electron chi connectivity index (χ0n) is 19.2. The van der Waals surface area contributed by atoms with Gasteiger partial charge in [0.25, 0.3) is 10.0 Å². The number of carbonyl (C=O) groups is 2. The van der Waals surface area contributed by atoms with E-state index in [4.69, 9.17) is 17.3 Å². The summed E-state index contributed by atoms with van der Waals surface area (Å²) in [6, 6.07) is 12.5. The Labute approximate surface area is 217 Å². The van der Waals surface area contributed by atoms with Gasteiger partial charge in [-0.2, -0.15) is 0 Å². The summed E-state index contributed by atoms with van der Waals surface area (Å²) in [5.74, 6) is -2.98. The standard InChI is InChI=1S/C26H22ClN3O6S/c27-19-7-1-17(2-8-19)18-13-22(26(24(33)34)25(14-18,30-26)23(31)32)29-37(35,36)21-11-5-16(6-12-21)15-3-9-20(28)10-4-15/h1-9,11-14,20,29-30H,10,28H2,(H,31,32)(H,33,34)/t20-,25+,26-/m0/s1. The van der Waals surface area contributed by atoms with Crippen molar-refractivity contribution in [2.45, 2.75) is 28.4 Å². The zero-order chi connectivity index (χ0) is 26.6. The molecule has 0 saturated carbocycles. The molecule has 0 aromatic heterocycles. The van der Waals surface area contributed by atoms with Gasteiger partial charge in [-0.05, 0) is 65.1 Å². The van der Waals surface area contributed by atoms with Gasteiger partial charge >= 0.3 is 11.9 Å². The number of nitrogens with two attached hydrogens (primary N) is 1. The fourth-order valence-electron chi connectivity index (χ4n) is 4.64. The van der Waals surface area contributed by atoms with E-state index in [0.717, 1.165) is 11.1 Å². The number of nitrogens with one attached hydrogen (secondary N) is 2. The minimum absolute atomic E-state index is 0.0568. The summed E-state index contributed by atoms with van der Waals surface area (Å²) >= 11 is 5.96. The molecule has 190 valence electrons. The number of benzene rings is 2. The minimum atomic E-state index is -4.28. The number of hydrogen-bond acceptors (Lipinski definition) is 6. The molecule has 1 saturated heterocycles. The molecule has 0 spiro atoms. The Balaban J connectivity index is 1.51. The zero-order valence-corrected chi connectivity index (χ0v) is 20.8. The molecule has 1 fully saturated rings. The summed E-state index contributed by atoms with van der Waals surface area (Å²) in [4.78, 5) is 24.4. The van der Waals surface area contributed by atoms with Crippen molar-refractivity contribution in [3.63, 3.8) is 0 Å². The lowest BCUT2D eigenvalue weighted by atomic mass is 9.81. The second-order valence-corrected chi connectivity index (χ2v) is 11.1. The first kappa shape index (κ1) is 25.0. The molecule has 2 aliphatic carbocycles. The number of fused-ring (bicyclic) bond motifs is 1. The number of hydrogen-bond donors (Lipinski definition) is 5. The van der Waals surface area contributed by atoms with E-state index in [-0.39, 0.29) is 16.6 Å². The van der Waals surface area contributed by atoms with Crippen molar-refractivity contribution in [3.05, 3.63) is 101 Å². The highest BCUT2D eigenvalue weighted by Crippen LogP contribution is 2.51.